The number of nitrogens with one attached hydrogen (secondary N) is 1. The highest BCUT2D eigenvalue weighted by molar-refractivity contribution is 5.95. The van der Waals surface area contributed by atoms with Gasteiger partial charge in [-0.3, -0.25) is 4.79 Å². The van der Waals surface area contributed by atoms with Crippen molar-refractivity contribution in [2.75, 3.05) is 20.2 Å². The van der Waals surface area contributed by atoms with Crippen molar-refractivity contribution in [2.24, 2.45) is 0 Å². The van der Waals surface area contributed by atoms with Crippen LogP contribution < -0.4 is 10.1 Å². The maximum absolute atomic E-state index is 13.4. The number of nitrogens with zero attached hydrogens (tertiary/aromatic N) is 3. The lowest BCUT2D eigenvalue weighted by molar-refractivity contribution is 0.0203. The third-order valence-electron chi connectivity index (χ3n) is 6.84. The predicted molar refractivity (Wildman–Crippen MR) is 134 cm³/mol. The molecule has 2 aromatic rings. The Kier molecular flexibility index (Phi) is 7.67. The van der Waals surface area contributed by atoms with Crippen LogP contribution in [0.1, 0.15) is 87.7 Å². The fourth-order valence-corrected chi connectivity index (χ4v) is 5.03. The number of methoxy groups -OCH3 is 1. The van der Waals surface area contributed by atoms with E-state index in [0.29, 0.717) is 18.7 Å². The topological polar surface area (TPSA) is 85.7 Å². The number of rotatable bonds is 5. The molecule has 4 rings (SSSR count). The van der Waals surface area contributed by atoms with Gasteiger partial charge in [-0.1, -0.05) is 19.3 Å². The number of piperidine rings is 1. The van der Waals surface area contributed by atoms with E-state index in [0.717, 1.165) is 55.7 Å². The van der Waals surface area contributed by atoms with Crippen molar-refractivity contribution in [2.45, 2.75) is 83.3 Å². The molecule has 0 spiro atoms. The summed E-state index contributed by atoms with van der Waals surface area (Å²) in [6.45, 7) is 6.79. The minimum Gasteiger partial charge on any atom is -0.497 e. The van der Waals surface area contributed by atoms with E-state index in [4.69, 9.17) is 9.47 Å². The van der Waals surface area contributed by atoms with Gasteiger partial charge in [-0.25, -0.2) is 9.48 Å². The molecular weight excluding hydrogens is 444 g/mol. The molecule has 0 unspecified atom stereocenters. The molecule has 0 atom stereocenters. The number of hydrogen-bond donors (Lipinski definition) is 1. The normalized spacial score (nSPS) is 17.8. The van der Waals surface area contributed by atoms with Gasteiger partial charge in [0, 0.05) is 25.0 Å². The summed E-state index contributed by atoms with van der Waals surface area (Å²) in [5.74, 6) is 0.815. The van der Waals surface area contributed by atoms with Crippen LogP contribution in [0.15, 0.2) is 30.5 Å². The first kappa shape index (κ1) is 25.1. The fourth-order valence-electron chi connectivity index (χ4n) is 5.03. The summed E-state index contributed by atoms with van der Waals surface area (Å²) in [5, 5.41) is 7.90. The lowest BCUT2D eigenvalue weighted by Crippen LogP contribution is -2.42. The van der Waals surface area contributed by atoms with Gasteiger partial charge in [-0.2, -0.15) is 5.10 Å². The fraction of sp³-hybridized carbons (Fsp3) is 0.593. The van der Waals surface area contributed by atoms with Crippen LogP contribution in [0.4, 0.5) is 4.79 Å². The van der Waals surface area contributed by atoms with Gasteiger partial charge in [-0.05, 0) is 70.7 Å². The zero-order chi connectivity index (χ0) is 25.0. The smallest absolute Gasteiger partial charge is 0.410 e. The summed E-state index contributed by atoms with van der Waals surface area (Å²) in [6, 6.07) is 7.92. The van der Waals surface area contributed by atoms with Crippen molar-refractivity contribution < 1.29 is 19.1 Å². The predicted octanol–water partition coefficient (Wildman–Crippen LogP) is 5.06. The van der Waals surface area contributed by atoms with Crippen LogP contribution in [0.5, 0.6) is 5.75 Å². The quantitative estimate of drug-likeness (QED) is 0.644. The van der Waals surface area contributed by atoms with Crippen molar-refractivity contribution in [3.63, 3.8) is 0 Å². The molecule has 1 N–H and O–H groups in total. The minimum atomic E-state index is -0.523. The maximum Gasteiger partial charge on any atom is 0.410 e. The zero-order valence-electron chi connectivity index (χ0n) is 21.4. The van der Waals surface area contributed by atoms with Crippen molar-refractivity contribution in [1.29, 1.82) is 0 Å². The molecule has 1 saturated carbocycles. The Morgan fingerprint density at radius 1 is 1.00 bits per heavy atom. The summed E-state index contributed by atoms with van der Waals surface area (Å²) in [5.41, 5.74) is 1.90. The second kappa shape index (κ2) is 10.7. The Bertz CT molecular complexity index is 1010. The number of hydrogen-bond acceptors (Lipinski definition) is 5. The highest BCUT2D eigenvalue weighted by atomic mass is 16.6. The summed E-state index contributed by atoms with van der Waals surface area (Å²) in [6.07, 6.45) is 8.51. The van der Waals surface area contributed by atoms with Crippen molar-refractivity contribution >= 4 is 12.0 Å². The Labute approximate surface area is 208 Å². The van der Waals surface area contributed by atoms with Gasteiger partial charge in [0.05, 0.1) is 30.3 Å². The van der Waals surface area contributed by atoms with E-state index in [-0.39, 0.29) is 24.0 Å². The van der Waals surface area contributed by atoms with Gasteiger partial charge in [0.2, 0.25) is 0 Å². The highest BCUT2D eigenvalue weighted by Gasteiger charge is 2.32. The average molecular weight is 483 g/mol. The van der Waals surface area contributed by atoms with Gasteiger partial charge in [0.15, 0.2) is 0 Å². The Morgan fingerprint density at radius 2 is 1.66 bits per heavy atom. The van der Waals surface area contributed by atoms with Crippen molar-refractivity contribution in [3.05, 3.63) is 41.7 Å². The number of benzene rings is 1. The molecule has 2 aliphatic rings. The summed E-state index contributed by atoms with van der Waals surface area (Å²) >= 11 is 0. The van der Waals surface area contributed by atoms with Crippen LogP contribution in [0.25, 0.3) is 5.69 Å². The van der Waals surface area contributed by atoms with E-state index < -0.39 is 5.60 Å². The number of carbonyl (C=O) groups is 2. The maximum atomic E-state index is 13.4. The SMILES string of the molecule is COc1ccc(-n2ncc(C(=O)NC3CCCCC3)c2C2CCN(C(=O)OC(C)(C)C)CC2)cc1. The van der Waals surface area contributed by atoms with Gasteiger partial charge in [0.1, 0.15) is 11.4 Å². The number of ether oxygens (including phenoxy) is 2. The summed E-state index contributed by atoms with van der Waals surface area (Å²) in [7, 11) is 1.64. The van der Waals surface area contributed by atoms with Gasteiger partial charge in [0.25, 0.3) is 5.91 Å². The van der Waals surface area contributed by atoms with Crippen LogP contribution in [0, 0.1) is 0 Å². The van der Waals surface area contributed by atoms with E-state index in [1.165, 1.54) is 6.42 Å². The van der Waals surface area contributed by atoms with Crippen LogP contribution in [0.2, 0.25) is 0 Å². The molecule has 1 aliphatic carbocycles. The largest absolute Gasteiger partial charge is 0.497 e. The number of carbonyl (C=O) groups excluding carboxylic acids is 2. The number of aromatic nitrogens is 2. The molecule has 2 heterocycles. The molecule has 8 nitrogen and oxygen atoms in total. The molecule has 1 saturated heterocycles. The Morgan fingerprint density at radius 3 is 2.26 bits per heavy atom. The number of likely N-dealkylation sites (tertiary alicyclic amines) is 1. The summed E-state index contributed by atoms with van der Waals surface area (Å²) in [4.78, 5) is 27.7. The lowest BCUT2D eigenvalue weighted by atomic mass is 9.90. The standard InChI is InChI=1S/C27H38N4O4/c1-27(2,3)35-26(33)30-16-14-19(15-17-30)24-23(25(32)29-20-8-6-5-7-9-20)18-28-31(24)21-10-12-22(34-4)13-11-21/h10-13,18-20H,5-9,14-17H2,1-4H3,(H,29,32). The molecule has 0 radical (unpaired) electrons. The van der Waals surface area contributed by atoms with E-state index >= 15 is 0 Å². The highest BCUT2D eigenvalue weighted by Crippen LogP contribution is 2.33. The van der Waals surface area contributed by atoms with Gasteiger partial charge in [-0.15, -0.1) is 0 Å². The van der Waals surface area contributed by atoms with Gasteiger partial charge >= 0.3 is 6.09 Å². The second-order valence-corrected chi connectivity index (χ2v) is 10.6. The van der Waals surface area contributed by atoms with E-state index in [1.54, 1.807) is 18.2 Å². The summed E-state index contributed by atoms with van der Waals surface area (Å²) < 4.78 is 12.7. The zero-order valence-corrected chi connectivity index (χ0v) is 21.4. The lowest BCUT2D eigenvalue weighted by Gasteiger charge is -2.34. The van der Waals surface area contributed by atoms with Crippen molar-refractivity contribution in [3.8, 4) is 11.4 Å². The molecular formula is C27H38N4O4. The molecule has 1 aromatic carbocycles. The molecule has 2 fully saturated rings. The van der Waals surface area contributed by atoms with Crippen LogP contribution in [-0.4, -0.2) is 58.5 Å². The first-order valence-electron chi connectivity index (χ1n) is 12.8. The monoisotopic (exact) mass is 482 g/mol. The van der Waals surface area contributed by atoms with Crippen molar-refractivity contribution in [1.82, 2.24) is 20.0 Å². The molecule has 1 aromatic heterocycles. The van der Waals surface area contributed by atoms with Crippen LogP contribution in [0.3, 0.4) is 0 Å². The Hall–Kier alpha value is -3.03. The molecule has 2 amide bonds. The second-order valence-electron chi connectivity index (χ2n) is 10.6. The molecule has 1 aliphatic heterocycles. The van der Waals surface area contributed by atoms with Gasteiger partial charge < -0.3 is 19.7 Å². The Balaban J connectivity index is 1.57. The molecule has 0 bridgehead atoms. The number of amides is 2. The third kappa shape index (κ3) is 6.16. The third-order valence-corrected chi connectivity index (χ3v) is 6.84. The molecule has 190 valence electrons. The first-order valence-corrected chi connectivity index (χ1v) is 12.8. The molecule has 8 heteroatoms. The van der Waals surface area contributed by atoms with E-state index in [2.05, 4.69) is 10.4 Å². The first-order chi connectivity index (χ1) is 16.7. The molecule has 35 heavy (non-hydrogen) atoms. The van der Waals surface area contributed by atoms with Crippen LogP contribution in [-0.2, 0) is 4.74 Å². The minimum absolute atomic E-state index is 0.0544. The van der Waals surface area contributed by atoms with Crippen LogP contribution >= 0.6 is 0 Å². The van der Waals surface area contributed by atoms with E-state index in [9.17, 15) is 9.59 Å². The average Bonchev–Trinajstić information content (AvgIpc) is 3.29. The van der Waals surface area contributed by atoms with E-state index in [1.807, 2.05) is 49.7 Å².